The van der Waals surface area contributed by atoms with Crippen molar-refractivity contribution in [1.29, 1.82) is 0 Å². The van der Waals surface area contributed by atoms with E-state index in [1.807, 2.05) is 0 Å². The van der Waals surface area contributed by atoms with Crippen molar-refractivity contribution in [3.63, 3.8) is 0 Å². The van der Waals surface area contributed by atoms with E-state index in [-0.39, 0.29) is 12.1 Å². The van der Waals surface area contributed by atoms with Crippen LogP contribution >= 0.6 is 0 Å². The van der Waals surface area contributed by atoms with Gasteiger partial charge in [-0.25, -0.2) is 0 Å². The molecule has 0 amide bonds. The number of anilines is 2. The molecule has 2 nitrogen and oxygen atoms in total. The van der Waals surface area contributed by atoms with E-state index in [2.05, 4.69) is 265 Å². The molecule has 11 aromatic carbocycles. The summed E-state index contributed by atoms with van der Waals surface area (Å²) in [7, 11) is 0. The first-order chi connectivity index (χ1) is 33.7. The van der Waals surface area contributed by atoms with E-state index in [0.717, 1.165) is 12.8 Å². The molecule has 0 radical (unpaired) electrons. The summed E-state index contributed by atoms with van der Waals surface area (Å²) in [4.78, 5) is 5.22. The predicted molar refractivity (Wildman–Crippen MR) is 289 cm³/mol. The Bertz CT molecular complexity index is 3740. The normalized spacial score (nSPS) is 15.9. The SMILES string of the molecule is C1=C(c2ccccc2)N(c2ccc3cc4c(-c5ccc6ccccc6c5)c(N5C(c6ccccc6)=CCC5c5ccccc5)cc(-c5ccc6ccccc6c5)c4cc3c2)C(c2ccccc2)C1. The van der Waals surface area contributed by atoms with Gasteiger partial charge in [0.15, 0.2) is 0 Å². The molecule has 2 aliphatic heterocycles. The van der Waals surface area contributed by atoms with Crippen LogP contribution in [-0.2, 0) is 0 Å². The summed E-state index contributed by atoms with van der Waals surface area (Å²) in [5.74, 6) is 0. The highest BCUT2D eigenvalue weighted by molar-refractivity contribution is 6.16. The first-order valence-electron chi connectivity index (χ1n) is 23.9. The first-order valence-corrected chi connectivity index (χ1v) is 23.9. The van der Waals surface area contributed by atoms with E-state index in [1.54, 1.807) is 0 Å². The van der Waals surface area contributed by atoms with Crippen LogP contribution in [0, 0.1) is 0 Å². The van der Waals surface area contributed by atoms with Gasteiger partial charge in [0.1, 0.15) is 0 Å². The van der Waals surface area contributed by atoms with E-state index in [4.69, 9.17) is 0 Å². The third-order valence-electron chi connectivity index (χ3n) is 14.4. The number of benzene rings is 11. The molecule has 2 aliphatic rings. The molecule has 11 aromatic rings. The van der Waals surface area contributed by atoms with E-state index >= 15 is 0 Å². The fourth-order valence-corrected chi connectivity index (χ4v) is 11.2. The van der Waals surface area contributed by atoms with Crippen molar-refractivity contribution < 1.29 is 0 Å². The Kier molecular flexibility index (Phi) is 9.83. The van der Waals surface area contributed by atoms with Crippen molar-refractivity contribution >= 4 is 65.9 Å². The number of rotatable bonds is 8. The summed E-state index contributed by atoms with van der Waals surface area (Å²) in [5, 5.41) is 9.84. The average Bonchev–Trinajstić information content (AvgIpc) is 4.07. The van der Waals surface area contributed by atoms with Crippen molar-refractivity contribution in [2.75, 3.05) is 9.80 Å². The molecule has 0 aliphatic carbocycles. The summed E-state index contributed by atoms with van der Waals surface area (Å²) in [6.07, 6.45) is 6.72. The summed E-state index contributed by atoms with van der Waals surface area (Å²) < 4.78 is 0. The second-order valence-electron chi connectivity index (χ2n) is 18.3. The molecule has 0 spiro atoms. The third-order valence-corrected chi connectivity index (χ3v) is 14.4. The minimum atomic E-state index is 0.0976. The molecular weight excluding hydrogens is 821 g/mol. The summed E-state index contributed by atoms with van der Waals surface area (Å²) in [5.41, 5.74) is 14.8. The molecular formula is C66H48N2. The molecule has 0 fully saturated rings. The molecule has 0 bridgehead atoms. The van der Waals surface area contributed by atoms with Gasteiger partial charge in [0.25, 0.3) is 0 Å². The van der Waals surface area contributed by atoms with Crippen molar-refractivity contribution in [3.05, 3.63) is 277 Å². The smallest absolute Gasteiger partial charge is 0.0627 e. The quantitative estimate of drug-likeness (QED) is 0.140. The van der Waals surface area contributed by atoms with Crippen LogP contribution < -0.4 is 9.80 Å². The van der Waals surface area contributed by atoms with Crippen LogP contribution in [0.1, 0.15) is 47.2 Å². The maximum absolute atomic E-state index is 2.65. The maximum Gasteiger partial charge on any atom is 0.0627 e. The fraction of sp³-hybridized carbons (Fsp3) is 0.0606. The lowest BCUT2D eigenvalue weighted by molar-refractivity contribution is 0.749. The molecule has 2 heterocycles. The third kappa shape index (κ3) is 6.96. The number of fused-ring (bicyclic) bond motifs is 4. The zero-order valence-corrected chi connectivity index (χ0v) is 37.7. The average molecular weight is 869 g/mol. The predicted octanol–water partition coefficient (Wildman–Crippen LogP) is 17.6. The Balaban J connectivity index is 1.10. The van der Waals surface area contributed by atoms with Crippen molar-refractivity contribution in [2.45, 2.75) is 24.9 Å². The fourth-order valence-electron chi connectivity index (χ4n) is 11.2. The zero-order valence-electron chi connectivity index (χ0n) is 37.7. The highest BCUT2D eigenvalue weighted by Gasteiger charge is 2.34. The van der Waals surface area contributed by atoms with Crippen LogP contribution in [0.25, 0.3) is 76.7 Å². The molecule has 2 unspecified atom stereocenters. The Morgan fingerprint density at radius 2 is 0.765 bits per heavy atom. The standard InChI is InChI=1S/C66H48N2/c1-5-19-47(20-6-1)61-35-36-62(48-21-7-2-8-22-48)67(61)57-34-33-53-42-60-59(43-56(53)41-57)58(54-31-29-45-17-13-15-27-51(45)39-54)44-65(66(60)55-32-30-46-18-14-16-28-52(46)40-55)68-63(49-23-9-3-10-24-49)37-38-64(68)50-25-11-4-12-26-50/h1-35,37,39-44,62,64H,36,38H2. The van der Waals surface area contributed by atoms with E-state index in [9.17, 15) is 0 Å². The summed E-state index contributed by atoms with van der Waals surface area (Å²) in [6.45, 7) is 0. The van der Waals surface area contributed by atoms with Crippen LogP contribution in [0.4, 0.5) is 11.4 Å². The number of hydrogen-bond acceptors (Lipinski definition) is 2. The Morgan fingerprint density at radius 1 is 0.309 bits per heavy atom. The Hall–Kier alpha value is -8.46. The Morgan fingerprint density at radius 3 is 1.37 bits per heavy atom. The van der Waals surface area contributed by atoms with E-state index in [0.29, 0.717) is 0 Å². The van der Waals surface area contributed by atoms with Crippen LogP contribution in [0.15, 0.2) is 255 Å². The van der Waals surface area contributed by atoms with Gasteiger partial charge in [-0.15, -0.1) is 0 Å². The topological polar surface area (TPSA) is 6.48 Å². The molecule has 68 heavy (non-hydrogen) atoms. The lowest BCUT2D eigenvalue weighted by Crippen LogP contribution is -2.23. The molecule has 0 N–H and O–H groups in total. The summed E-state index contributed by atoms with van der Waals surface area (Å²) in [6, 6.07) is 90.4. The van der Waals surface area contributed by atoms with Crippen LogP contribution in [0.3, 0.4) is 0 Å². The van der Waals surface area contributed by atoms with Crippen molar-refractivity contribution in [3.8, 4) is 22.3 Å². The largest absolute Gasteiger partial charge is 0.333 e. The maximum atomic E-state index is 2.65. The Labute approximate surface area is 398 Å². The molecule has 13 rings (SSSR count). The highest BCUT2D eigenvalue weighted by Crippen LogP contribution is 2.52. The molecule has 2 heteroatoms. The number of hydrogen-bond donors (Lipinski definition) is 0. The van der Waals surface area contributed by atoms with Crippen LogP contribution in [0.2, 0.25) is 0 Å². The molecule has 322 valence electrons. The van der Waals surface area contributed by atoms with Gasteiger partial charge in [-0.1, -0.05) is 212 Å². The van der Waals surface area contributed by atoms with Gasteiger partial charge in [0, 0.05) is 22.6 Å². The monoisotopic (exact) mass is 868 g/mol. The van der Waals surface area contributed by atoms with E-state index < -0.39 is 0 Å². The van der Waals surface area contributed by atoms with Gasteiger partial charge in [-0.2, -0.15) is 0 Å². The highest BCUT2D eigenvalue weighted by atomic mass is 15.2. The first kappa shape index (κ1) is 39.9. The van der Waals surface area contributed by atoms with Crippen molar-refractivity contribution in [2.24, 2.45) is 0 Å². The molecule has 2 atom stereocenters. The number of nitrogens with zero attached hydrogens (tertiary/aromatic N) is 2. The van der Waals surface area contributed by atoms with Crippen LogP contribution in [-0.4, -0.2) is 0 Å². The summed E-state index contributed by atoms with van der Waals surface area (Å²) >= 11 is 0. The molecule has 0 saturated heterocycles. The van der Waals surface area contributed by atoms with Gasteiger partial charge in [0.2, 0.25) is 0 Å². The van der Waals surface area contributed by atoms with Crippen molar-refractivity contribution in [1.82, 2.24) is 0 Å². The van der Waals surface area contributed by atoms with Gasteiger partial charge in [-0.3, -0.25) is 0 Å². The zero-order chi connectivity index (χ0) is 45.0. The molecule has 0 saturated carbocycles. The second-order valence-corrected chi connectivity index (χ2v) is 18.3. The second kappa shape index (κ2) is 16.8. The van der Waals surface area contributed by atoms with Gasteiger partial charge < -0.3 is 9.80 Å². The lowest BCUT2D eigenvalue weighted by atomic mass is 9.86. The van der Waals surface area contributed by atoms with E-state index in [1.165, 1.54) is 110 Å². The minimum absolute atomic E-state index is 0.0976. The van der Waals surface area contributed by atoms with Crippen LogP contribution in [0.5, 0.6) is 0 Å². The van der Waals surface area contributed by atoms with Gasteiger partial charge in [-0.05, 0) is 137 Å². The minimum Gasteiger partial charge on any atom is -0.333 e. The lowest BCUT2D eigenvalue weighted by Gasteiger charge is -2.34. The van der Waals surface area contributed by atoms with Gasteiger partial charge in [0.05, 0.1) is 17.8 Å². The van der Waals surface area contributed by atoms with Gasteiger partial charge >= 0.3 is 0 Å². The molecule has 0 aromatic heterocycles.